The summed E-state index contributed by atoms with van der Waals surface area (Å²) in [4.78, 5) is 19.7. The van der Waals surface area contributed by atoms with Gasteiger partial charge in [-0.15, -0.1) is 0 Å². The summed E-state index contributed by atoms with van der Waals surface area (Å²) in [6, 6.07) is 0. The predicted molar refractivity (Wildman–Crippen MR) is 72.7 cm³/mol. The summed E-state index contributed by atoms with van der Waals surface area (Å²) in [5.41, 5.74) is 0.926. The van der Waals surface area contributed by atoms with E-state index in [9.17, 15) is 4.79 Å². The van der Waals surface area contributed by atoms with Gasteiger partial charge in [0.1, 0.15) is 18.0 Å². The van der Waals surface area contributed by atoms with E-state index in [1.807, 2.05) is 13.8 Å². The molecule has 1 aromatic heterocycles. The van der Waals surface area contributed by atoms with Crippen molar-refractivity contribution in [1.29, 1.82) is 0 Å². The molecule has 0 unspecified atom stereocenters. The third-order valence-electron chi connectivity index (χ3n) is 2.42. The SMILES string of the molecule is CCCNc1ncnc(NCC(=O)NCC)c1C. The molecule has 1 rings (SSSR count). The molecule has 0 saturated carbocycles. The van der Waals surface area contributed by atoms with Gasteiger partial charge < -0.3 is 16.0 Å². The van der Waals surface area contributed by atoms with Crippen molar-refractivity contribution < 1.29 is 4.79 Å². The molecule has 0 bridgehead atoms. The number of hydrogen-bond acceptors (Lipinski definition) is 5. The molecular formula is C12H21N5O. The number of carbonyl (C=O) groups is 1. The first-order valence-electron chi connectivity index (χ1n) is 6.25. The van der Waals surface area contributed by atoms with E-state index in [2.05, 4.69) is 32.8 Å². The van der Waals surface area contributed by atoms with Crippen molar-refractivity contribution in [2.24, 2.45) is 0 Å². The van der Waals surface area contributed by atoms with Crippen LogP contribution in [0, 0.1) is 6.92 Å². The lowest BCUT2D eigenvalue weighted by molar-refractivity contribution is -0.119. The third kappa shape index (κ3) is 4.20. The monoisotopic (exact) mass is 251 g/mol. The Balaban J connectivity index is 2.62. The summed E-state index contributed by atoms with van der Waals surface area (Å²) in [5.74, 6) is 1.46. The predicted octanol–water partition coefficient (Wildman–Crippen LogP) is 1.15. The molecule has 0 spiro atoms. The van der Waals surface area contributed by atoms with Crippen LogP contribution < -0.4 is 16.0 Å². The van der Waals surface area contributed by atoms with Crippen molar-refractivity contribution in [1.82, 2.24) is 15.3 Å². The van der Waals surface area contributed by atoms with Gasteiger partial charge in [0.2, 0.25) is 5.91 Å². The Kier molecular flexibility index (Phi) is 5.90. The van der Waals surface area contributed by atoms with E-state index in [1.54, 1.807) is 0 Å². The Morgan fingerprint density at radius 3 is 2.50 bits per heavy atom. The molecule has 0 aliphatic heterocycles. The smallest absolute Gasteiger partial charge is 0.239 e. The number of aromatic nitrogens is 2. The van der Waals surface area contributed by atoms with Crippen LogP contribution in [0.2, 0.25) is 0 Å². The van der Waals surface area contributed by atoms with Crippen LogP contribution >= 0.6 is 0 Å². The van der Waals surface area contributed by atoms with Crippen LogP contribution in [0.5, 0.6) is 0 Å². The van der Waals surface area contributed by atoms with E-state index >= 15 is 0 Å². The summed E-state index contributed by atoms with van der Waals surface area (Å²) >= 11 is 0. The van der Waals surface area contributed by atoms with Gasteiger partial charge in [-0.1, -0.05) is 6.92 Å². The Morgan fingerprint density at radius 1 is 1.22 bits per heavy atom. The number of carbonyl (C=O) groups excluding carboxylic acids is 1. The van der Waals surface area contributed by atoms with Crippen LogP contribution in [-0.4, -0.2) is 35.5 Å². The van der Waals surface area contributed by atoms with Crippen LogP contribution in [0.1, 0.15) is 25.8 Å². The molecule has 0 fully saturated rings. The molecule has 1 amide bonds. The van der Waals surface area contributed by atoms with E-state index in [1.165, 1.54) is 6.33 Å². The highest BCUT2D eigenvalue weighted by Gasteiger charge is 2.07. The molecular weight excluding hydrogens is 230 g/mol. The molecule has 0 aromatic carbocycles. The van der Waals surface area contributed by atoms with E-state index in [0.717, 1.165) is 24.3 Å². The fraction of sp³-hybridized carbons (Fsp3) is 0.583. The van der Waals surface area contributed by atoms with E-state index in [4.69, 9.17) is 0 Å². The first-order chi connectivity index (χ1) is 8.69. The van der Waals surface area contributed by atoms with Gasteiger partial charge in [-0.25, -0.2) is 9.97 Å². The highest BCUT2D eigenvalue weighted by molar-refractivity contribution is 5.80. The summed E-state index contributed by atoms with van der Waals surface area (Å²) in [7, 11) is 0. The second-order valence-electron chi connectivity index (χ2n) is 3.93. The van der Waals surface area contributed by atoms with Crippen LogP contribution in [0.3, 0.4) is 0 Å². The Morgan fingerprint density at radius 2 is 1.89 bits per heavy atom. The molecule has 1 heterocycles. The summed E-state index contributed by atoms with van der Waals surface area (Å²) in [6.45, 7) is 7.63. The zero-order valence-electron chi connectivity index (χ0n) is 11.2. The standard InChI is InChI=1S/C12H21N5O/c1-4-6-14-11-9(3)12(17-8-16-11)15-7-10(18)13-5-2/h8H,4-7H2,1-3H3,(H,13,18)(H2,14,15,16,17). The lowest BCUT2D eigenvalue weighted by Gasteiger charge is -2.12. The highest BCUT2D eigenvalue weighted by Crippen LogP contribution is 2.17. The Labute approximate surface area is 108 Å². The minimum absolute atomic E-state index is 0.0430. The molecule has 100 valence electrons. The maximum Gasteiger partial charge on any atom is 0.239 e. The minimum atomic E-state index is -0.0430. The maximum atomic E-state index is 11.4. The molecule has 0 aliphatic rings. The zero-order chi connectivity index (χ0) is 13.4. The summed E-state index contributed by atoms with van der Waals surface area (Å²) in [5, 5.41) is 8.96. The summed E-state index contributed by atoms with van der Waals surface area (Å²) in [6.07, 6.45) is 2.52. The number of nitrogens with one attached hydrogen (secondary N) is 3. The van der Waals surface area contributed by atoms with Crippen molar-refractivity contribution >= 4 is 17.5 Å². The van der Waals surface area contributed by atoms with Crippen molar-refractivity contribution in [3.63, 3.8) is 0 Å². The van der Waals surface area contributed by atoms with Crippen molar-refractivity contribution in [3.05, 3.63) is 11.9 Å². The molecule has 0 atom stereocenters. The van der Waals surface area contributed by atoms with Crippen LogP contribution in [-0.2, 0) is 4.79 Å². The molecule has 0 saturated heterocycles. The van der Waals surface area contributed by atoms with Gasteiger partial charge in [0.15, 0.2) is 0 Å². The molecule has 3 N–H and O–H groups in total. The van der Waals surface area contributed by atoms with E-state index < -0.39 is 0 Å². The third-order valence-corrected chi connectivity index (χ3v) is 2.42. The van der Waals surface area contributed by atoms with Crippen molar-refractivity contribution in [3.8, 4) is 0 Å². The number of amides is 1. The van der Waals surface area contributed by atoms with E-state index in [-0.39, 0.29) is 12.5 Å². The van der Waals surface area contributed by atoms with Gasteiger partial charge in [-0.2, -0.15) is 0 Å². The normalized spacial score (nSPS) is 9.94. The Hall–Kier alpha value is -1.85. The number of rotatable bonds is 7. The first kappa shape index (κ1) is 14.2. The fourth-order valence-electron chi connectivity index (χ4n) is 1.47. The van der Waals surface area contributed by atoms with Gasteiger partial charge in [0.25, 0.3) is 0 Å². The van der Waals surface area contributed by atoms with Gasteiger partial charge in [0.05, 0.1) is 6.54 Å². The number of anilines is 2. The molecule has 1 aromatic rings. The zero-order valence-corrected chi connectivity index (χ0v) is 11.2. The largest absolute Gasteiger partial charge is 0.370 e. The highest BCUT2D eigenvalue weighted by atomic mass is 16.1. The van der Waals surface area contributed by atoms with E-state index in [0.29, 0.717) is 12.4 Å². The second-order valence-corrected chi connectivity index (χ2v) is 3.93. The van der Waals surface area contributed by atoms with Gasteiger partial charge in [-0.05, 0) is 20.3 Å². The first-order valence-corrected chi connectivity index (χ1v) is 6.25. The Bertz CT molecular complexity index is 394. The number of hydrogen-bond donors (Lipinski definition) is 3. The quantitative estimate of drug-likeness (QED) is 0.677. The van der Waals surface area contributed by atoms with Gasteiger partial charge in [0, 0.05) is 18.7 Å². The minimum Gasteiger partial charge on any atom is -0.370 e. The van der Waals surface area contributed by atoms with Gasteiger partial charge in [-0.3, -0.25) is 4.79 Å². The fourth-order valence-corrected chi connectivity index (χ4v) is 1.47. The molecule has 18 heavy (non-hydrogen) atoms. The number of nitrogens with zero attached hydrogens (tertiary/aromatic N) is 2. The lowest BCUT2D eigenvalue weighted by Crippen LogP contribution is -2.29. The van der Waals surface area contributed by atoms with Crippen molar-refractivity contribution in [2.75, 3.05) is 30.3 Å². The number of likely N-dealkylation sites (N-methyl/N-ethyl adjacent to an activating group) is 1. The van der Waals surface area contributed by atoms with Crippen LogP contribution in [0.25, 0.3) is 0 Å². The summed E-state index contributed by atoms with van der Waals surface area (Å²) < 4.78 is 0. The second kappa shape index (κ2) is 7.47. The maximum absolute atomic E-state index is 11.4. The van der Waals surface area contributed by atoms with Crippen LogP contribution in [0.4, 0.5) is 11.6 Å². The average molecular weight is 251 g/mol. The average Bonchev–Trinajstić information content (AvgIpc) is 2.36. The lowest BCUT2D eigenvalue weighted by atomic mass is 10.3. The molecule has 6 nitrogen and oxygen atoms in total. The van der Waals surface area contributed by atoms with Crippen LogP contribution in [0.15, 0.2) is 6.33 Å². The van der Waals surface area contributed by atoms with Gasteiger partial charge >= 0.3 is 0 Å². The molecule has 6 heteroatoms. The molecule has 0 aliphatic carbocycles. The molecule has 0 radical (unpaired) electrons. The van der Waals surface area contributed by atoms with Crippen molar-refractivity contribution in [2.45, 2.75) is 27.2 Å². The topological polar surface area (TPSA) is 78.9 Å².